The van der Waals surface area contributed by atoms with E-state index in [0.29, 0.717) is 0 Å². The van der Waals surface area contributed by atoms with Gasteiger partial charge in [-0.15, -0.1) is 0 Å². The van der Waals surface area contributed by atoms with E-state index in [-0.39, 0.29) is 5.91 Å². The van der Waals surface area contributed by atoms with E-state index in [2.05, 4.69) is 15.2 Å². The summed E-state index contributed by atoms with van der Waals surface area (Å²) in [4.78, 5) is 21.2. The van der Waals surface area contributed by atoms with Crippen molar-refractivity contribution in [1.82, 2.24) is 14.8 Å². The summed E-state index contributed by atoms with van der Waals surface area (Å²) >= 11 is 0. The van der Waals surface area contributed by atoms with E-state index in [1.54, 1.807) is 12.3 Å². The average Bonchev–Trinajstić information content (AvgIpc) is 3.32. The molecule has 0 unspecified atom stereocenters. The first-order chi connectivity index (χ1) is 10.3. The second-order valence-corrected chi connectivity index (χ2v) is 6.00. The summed E-state index contributed by atoms with van der Waals surface area (Å²) in [6, 6.07) is 3.65. The Hall–Kier alpha value is -1.62. The second kappa shape index (κ2) is 6.43. The third kappa shape index (κ3) is 3.73. The summed E-state index contributed by atoms with van der Waals surface area (Å²) < 4.78 is 0. The van der Waals surface area contributed by atoms with Gasteiger partial charge in [0, 0.05) is 51.0 Å². The molecule has 0 aromatic carbocycles. The molecule has 0 radical (unpaired) electrons. The molecular formula is C16H24N4O. The monoisotopic (exact) mass is 288 g/mol. The van der Waals surface area contributed by atoms with Crippen LogP contribution in [0.4, 0.5) is 5.82 Å². The van der Waals surface area contributed by atoms with Crippen LogP contribution in [0.1, 0.15) is 30.1 Å². The molecule has 3 rings (SSSR count). The predicted octanol–water partition coefficient (Wildman–Crippen LogP) is 1.68. The first-order valence-electron chi connectivity index (χ1n) is 7.98. The van der Waals surface area contributed by atoms with Crippen LogP contribution in [-0.2, 0) is 0 Å². The Kier molecular flexibility index (Phi) is 4.39. The number of nitrogens with one attached hydrogen (secondary N) is 1. The molecular weight excluding hydrogens is 264 g/mol. The molecule has 114 valence electrons. The van der Waals surface area contributed by atoms with Gasteiger partial charge >= 0.3 is 0 Å². The number of carbonyl (C=O) groups is 1. The third-order valence-corrected chi connectivity index (χ3v) is 4.24. The van der Waals surface area contributed by atoms with Crippen molar-refractivity contribution in [2.45, 2.75) is 19.8 Å². The van der Waals surface area contributed by atoms with Crippen molar-refractivity contribution in [1.29, 1.82) is 0 Å². The van der Waals surface area contributed by atoms with Crippen LogP contribution >= 0.6 is 0 Å². The van der Waals surface area contributed by atoms with E-state index in [4.69, 9.17) is 0 Å². The van der Waals surface area contributed by atoms with E-state index < -0.39 is 0 Å². The summed E-state index contributed by atoms with van der Waals surface area (Å²) in [5, 5.41) is 3.15. The van der Waals surface area contributed by atoms with Crippen molar-refractivity contribution in [2.24, 2.45) is 5.92 Å². The normalized spacial score (nSPS) is 19.6. The first-order valence-corrected chi connectivity index (χ1v) is 7.98. The van der Waals surface area contributed by atoms with Gasteiger partial charge in [-0.25, -0.2) is 4.98 Å². The van der Waals surface area contributed by atoms with Gasteiger partial charge in [0.2, 0.25) is 0 Å². The standard InChI is InChI=1S/C16H24N4O/c1-2-17-15-11-14(5-6-18-15)16(21)20-9-7-19(8-10-20)12-13-3-4-13/h5-6,11,13H,2-4,7-10,12H2,1H3,(H,17,18). The van der Waals surface area contributed by atoms with E-state index >= 15 is 0 Å². The van der Waals surface area contributed by atoms with Gasteiger partial charge in [0.1, 0.15) is 5.82 Å². The number of hydrogen-bond donors (Lipinski definition) is 1. The molecule has 5 nitrogen and oxygen atoms in total. The molecule has 1 saturated carbocycles. The maximum Gasteiger partial charge on any atom is 0.254 e. The van der Waals surface area contributed by atoms with E-state index in [0.717, 1.165) is 50.0 Å². The highest BCUT2D eigenvalue weighted by Crippen LogP contribution is 2.30. The summed E-state index contributed by atoms with van der Waals surface area (Å²) in [6.07, 6.45) is 4.49. The van der Waals surface area contributed by atoms with Crippen LogP contribution in [0, 0.1) is 5.92 Å². The first kappa shape index (κ1) is 14.3. The smallest absolute Gasteiger partial charge is 0.254 e. The van der Waals surface area contributed by atoms with Gasteiger partial charge in [0.25, 0.3) is 5.91 Å². The maximum absolute atomic E-state index is 12.5. The molecule has 2 fully saturated rings. The molecule has 1 saturated heterocycles. The number of amides is 1. The van der Waals surface area contributed by atoms with Gasteiger partial charge in [-0.3, -0.25) is 9.69 Å². The van der Waals surface area contributed by atoms with Crippen LogP contribution in [0.2, 0.25) is 0 Å². The van der Waals surface area contributed by atoms with Crippen molar-refractivity contribution in [3.05, 3.63) is 23.9 Å². The molecule has 2 aliphatic rings. The number of hydrogen-bond acceptors (Lipinski definition) is 4. The fourth-order valence-electron chi connectivity index (χ4n) is 2.82. The SMILES string of the molecule is CCNc1cc(C(=O)N2CCN(CC3CC3)CC2)ccn1. The highest BCUT2D eigenvalue weighted by atomic mass is 16.2. The fourth-order valence-corrected chi connectivity index (χ4v) is 2.82. The molecule has 1 aliphatic carbocycles. The van der Waals surface area contributed by atoms with E-state index in [1.165, 1.54) is 19.4 Å². The van der Waals surface area contributed by atoms with Crippen LogP contribution in [-0.4, -0.2) is 60.0 Å². The Morgan fingerprint density at radius 2 is 2.10 bits per heavy atom. The van der Waals surface area contributed by atoms with Crippen LogP contribution in [0.5, 0.6) is 0 Å². The molecule has 0 atom stereocenters. The van der Waals surface area contributed by atoms with Gasteiger partial charge in [-0.05, 0) is 37.8 Å². The summed E-state index contributed by atoms with van der Waals surface area (Å²) in [5.74, 6) is 1.83. The van der Waals surface area contributed by atoms with Crippen molar-refractivity contribution in [3.8, 4) is 0 Å². The minimum atomic E-state index is 0.127. The van der Waals surface area contributed by atoms with Gasteiger partial charge < -0.3 is 10.2 Å². The van der Waals surface area contributed by atoms with Crippen LogP contribution in [0.25, 0.3) is 0 Å². The molecule has 0 bridgehead atoms. The minimum Gasteiger partial charge on any atom is -0.370 e. The van der Waals surface area contributed by atoms with E-state index in [9.17, 15) is 4.79 Å². The van der Waals surface area contributed by atoms with Gasteiger partial charge in [-0.1, -0.05) is 0 Å². The molecule has 0 spiro atoms. The number of carbonyl (C=O) groups excluding carboxylic acids is 1. The lowest BCUT2D eigenvalue weighted by molar-refractivity contribution is 0.0632. The van der Waals surface area contributed by atoms with Crippen molar-refractivity contribution in [2.75, 3.05) is 44.6 Å². The zero-order valence-corrected chi connectivity index (χ0v) is 12.7. The van der Waals surface area contributed by atoms with Gasteiger partial charge in [-0.2, -0.15) is 0 Å². The lowest BCUT2D eigenvalue weighted by Gasteiger charge is -2.34. The Morgan fingerprint density at radius 3 is 2.76 bits per heavy atom. The fraction of sp³-hybridized carbons (Fsp3) is 0.625. The lowest BCUT2D eigenvalue weighted by Crippen LogP contribution is -2.49. The number of anilines is 1. The lowest BCUT2D eigenvalue weighted by atomic mass is 10.2. The quantitative estimate of drug-likeness (QED) is 0.895. The molecule has 21 heavy (non-hydrogen) atoms. The van der Waals surface area contributed by atoms with Crippen molar-refractivity contribution < 1.29 is 4.79 Å². The molecule has 1 aliphatic heterocycles. The zero-order chi connectivity index (χ0) is 14.7. The highest BCUT2D eigenvalue weighted by molar-refractivity contribution is 5.94. The van der Waals surface area contributed by atoms with E-state index in [1.807, 2.05) is 17.9 Å². The molecule has 1 amide bonds. The topological polar surface area (TPSA) is 48.5 Å². The third-order valence-electron chi connectivity index (χ3n) is 4.24. The zero-order valence-electron chi connectivity index (χ0n) is 12.7. The Morgan fingerprint density at radius 1 is 1.33 bits per heavy atom. The number of aromatic nitrogens is 1. The van der Waals surface area contributed by atoms with Crippen LogP contribution in [0.15, 0.2) is 18.3 Å². The molecule has 1 aromatic rings. The van der Waals surface area contributed by atoms with Gasteiger partial charge in [0.05, 0.1) is 0 Å². The summed E-state index contributed by atoms with van der Waals surface area (Å²) in [6.45, 7) is 7.75. The predicted molar refractivity (Wildman–Crippen MR) is 83.5 cm³/mol. The number of rotatable bonds is 5. The maximum atomic E-state index is 12.5. The highest BCUT2D eigenvalue weighted by Gasteiger charge is 2.27. The molecule has 1 aromatic heterocycles. The largest absolute Gasteiger partial charge is 0.370 e. The molecule has 5 heteroatoms. The van der Waals surface area contributed by atoms with Crippen LogP contribution < -0.4 is 5.32 Å². The summed E-state index contributed by atoms with van der Waals surface area (Å²) in [7, 11) is 0. The van der Waals surface area contributed by atoms with Gasteiger partial charge in [0.15, 0.2) is 0 Å². The minimum absolute atomic E-state index is 0.127. The Labute approximate surface area is 126 Å². The van der Waals surface area contributed by atoms with Crippen molar-refractivity contribution >= 4 is 11.7 Å². The van der Waals surface area contributed by atoms with Crippen molar-refractivity contribution in [3.63, 3.8) is 0 Å². The molecule has 1 N–H and O–H groups in total. The van der Waals surface area contributed by atoms with Crippen LogP contribution in [0.3, 0.4) is 0 Å². The Bertz CT molecular complexity index is 493. The summed E-state index contributed by atoms with van der Waals surface area (Å²) in [5.41, 5.74) is 0.733. The number of nitrogens with zero attached hydrogens (tertiary/aromatic N) is 3. The Balaban J connectivity index is 1.56. The second-order valence-electron chi connectivity index (χ2n) is 6.00. The number of piperazine rings is 1. The average molecular weight is 288 g/mol. The molecule has 2 heterocycles. The number of pyridine rings is 1.